The van der Waals surface area contributed by atoms with Gasteiger partial charge < -0.3 is 4.74 Å². The zero-order valence-electron chi connectivity index (χ0n) is 11.1. The van der Waals surface area contributed by atoms with Crippen LogP contribution in [0, 0.1) is 0 Å². The summed E-state index contributed by atoms with van der Waals surface area (Å²) in [5.74, 6) is 0.964. The summed E-state index contributed by atoms with van der Waals surface area (Å²) in [5.41, 5.74) is 3.42. The summed E-state index contributed by atoms with van der Waals surface area (Å²) in [7, 11) is 0. The summed E-state index contributed by atoms with van der Waals surface area (Å²) < 4.78 is 9.40. The molecule has 0 saturated heterocycles. The Morgan fingerprint density at radius 2 is 2.00 bits per heavy atom. The van der Waals surface area contributed by atoms with Gasteiger partial charge in [-0.25, -0.2) is 0 Å². The van der Waals surface area contributed by atoms with Crippen molar-refractivity contribution in [3.63, 3.8) is 0 Å². The van der Waals surface area contributed by atoms with Crippen molar-refractivity contribution >= 4 is 32.5 Å². The molecule has 0 N–H and O–H groups in total. The summed E-state index contributed by atoms with van der Waals surface area (Å²) in [6.07, 6.45) is 1.84. The van der Waals surface area contributed by atoms with Crippen LogP contribution in [0.3, 0.4) is 0 Å². The highest BCUT2D eigenvalue weighted by Crippen LogP contribution is 2.39. The third-order valence-corrected chi connectivity index (χ3v) is 5.18. The smallest absolute Gasteiger partial charge is 0.293 e. The monoisotopic (exact) mass is 291 g/mol. The average Bonchev–Trinajstić information content (AvgIpc) is 2.94. The van der Waals surface area contributed by atoms with Crippen molar-refractivity contribution in [1.82, 2.24) is 4.98 Å². The van der Waals surface area contributed by atoms with Crippen molar-refractivity contribution in [2.24, 2.45) is 0 Å². The van der Waals surface area contributed by atoms with E-state index in [0.29, 0.717) is 6.73 Å². The SMILES string of the molecule is c1ccc2c(c1)OC[n+]1c-2sc2c3cccnc3ccc21. The van der Waals surface area contributed by atoms with Crippen molar-refractivity contribution in [2.75, 3.05) is 0 Å². The standard InChI is InChI=1S/C17H11N2OS/c1-2-6-15-12(4-1)17-19(10-20-15)14-8-7-13-11(16(14)21-17)5-3-9-18-13/h1-9H,10H2/q+1. The van der Waals surface area contributed by atoms with Crippen LogP contribution in [0.15, 0.2) is 54.7 Å². The van der Waals surface area contributed by atoms with Crippen molar-refractivity contribution in [1.29, 1.82) is 0 Å². The summed E-state index contributed by atoms with van der Waals surface area (Å²) in [5, 5.41) is 2.46. The highest BCUT2D eigenvalue weighted by atomic mass is 32.1. The first kappa shape index (κ1) is 11.2. The molecule has 5 rings (SSSR count). The number of para-hydroxylation sites is 1. The highest BCUT2D eigenvalue weighted by Gasteiger charge is 2.29. The molecule has 0 aliphatic carbocycles. The Balaban J connectivity index is 1.93. The van der Waals surface area contributed by atoms with E-state index in [1.807, 2.05) is 35.7 Å². The number of fused-ring (bicyclic) bond motifs is 7. The molecule has 0 amide bonds. The third-order valence-electron chi connectivity index (χ3n) is 3.92. The van der Waals surface area contributed by atoms with E-state index in [1.54, 1.807) is 0 Å². The molecule has 0 fully saturated rings. The maximum atomic E-state index is 5.88. The topological polar surface area (TPSA) is 26.0 Å². The lowest BCUT2D eigenvalue weighted by Crippen LogP contribution is -2.39. The van der Waals surface area contributed by atoms with Crippen LogP contribution in [-0.2, 0) is 6.73 Å². The molecule has 3 nitrogen and oxygen atoms in total. The summed E-state index contributed by atoms with van der Waals surface area (Å²) in [6.45, 7) is 0.568. The first-order valence-corrected chi connectivity index (χ1v) is 7.66. The molecule has 1 aliphatic heterocycles. The lowest BCUT2D eigenvalue weighted by molar-refractivity contribution is -0.689. The quantitative estimate of drug-likeness (QED) is 0.461. The normalized spacial score (nSPS) is 13.0. The fourth-order valence-corrected chi connectivity index (χ4v) is 4.23. The molecular formula is C17H11N2OS+. The molecule has 0 spiro atoms. The fraction of sp³-hybridized carbons (Fsp3) is 0.0588. The van der Waals surface area contributed by atoms with E-state index in [2.05, 4.69) is 39.9 Å². The first-order chi connectivity index (χ1) is 10.4. The lowest BCUT2D eigenvalue weighted by Gasteiger charge is -2.11. The number of nitrogens with zero attached hydrogens (tertiary/aromatic N) is 2. The molecule has 2 aromatic carbocycles. The van der Waals surface area contributed by atoms with E-state index in [1.165, 1.54) is 26.2 Å². The van der Waals surface area contributed by atoms with Gasteiger partial charge in [-0.15, -0.1) is 4.57 Å². The van der Waals surface area contributed by atoms with Crippen molar-refractivity contribution in [2.45, 2.75) is 6.73 Å². The molecule has 0 radical (unpaired) electrons. The minimum Gasteiger partial charge on any atom is -0.435 e. The van der Waals surface area contributed by atoms with Crippen LogP contribution >= 0.6 is 11.3 Å². The summed E-state index contributed by atoms with van der Waals surface area (Å²) in [4.78, 5) is 4.45. The highest BCUT2D eigenvalue weighted by molar-refractivity contribution is 7.22. The van der Waals surface area contributed by atoms with E-state index < -0.39 is 0 Å². The Morgan fingerprint density at radius 3 is 3.00 bits per heavy atom. The van der Waals surface area contributed by atoms with Gasteiger partial charge >= 0.3 is 0 Å². The van der Waals surface area contributed by atoms with Gasteiger partial charge in [-0.1, -0.05) is 23.5 Å². The van der Waals surface area contributed by atoms with Crippen LogP contribution in [0.4, 0.5) is 0 Å². The van der Waals surface area contributed by atoms with E-state index >= 15 is 0 Å². The molecule has 100 valence electrons. The second-order valence-corrected chi connectivity index (χ2v) is 6.09. The molecule has 0 atom stereocenters. The van der Waals surface area contributed by atoms with Crippen LogP contribution in [0.1, 0.15) is 0 Å². The zero-order valence-corrected chi connectivity index (χ0v) is 11.9. The number of rotatable bonds is 0. The van der Waals surface area contributed by atoms with E-state index in [-0.39, 0.29) is 0 Å². The molecule has 0 unspecified atom stereocenters. The van der Waals surface area contributed by atoms with E-state index in [4.69, 9.17) is 4.74 Å². The van der Waals surface area contributed by atoms with Gasteiger partial charge in [0.2, 0.25) is 5.52 Å². The Morgan fingerprint density at radius 1 is 1.05 bits per heavy atom. The largest absolute Gasteiger partial charge is 0.435 e. The van der Waals surface area contributed by atoms with Gasteiger partial charge in [0.15, 0.2) is 0 Å². The van der Waals surface area contributed by atoms with Gasteiger partial charge in [0, 0.05) is 17.6 Å². The van der Waals surface area contributed by atoms with E-state index in [0.717, 1.165) is 11.3 Å². The lowest BCUT2D eigenvalue weighted by atomic mass is 10.2. The zero-order chi connectivity index (χ0) is 13.8. The van der Waals surface area contributed by atoms with Gasteiger partial charge in [0.25, 0.3) is 11.7 Å². The Bertz CT molecular complexity index is 1010. The molecule has 21 heavy (non-hydrogen) atoms. The van der Waals surface area contributed by atoms with Crippen LogP contribution in [-0.4, -0.2) is 4.98 Å². The molecule has 0 bridgehead atoms. The Hall–Kier alpha value is -2.46. The first-order valence-electron chi connectivity index (χ1n) is 6.84. The maximum absolute atomic E-state index is 5.88. The molecule has 0 saturated carbocycles. The van der Waals surface area contributed by atoms with Crippen molar-refractivity contribution in [3.8, 4) is 16.3 Å². The van der Waals surface area contributed by atoms with Crippen LogP contribution < -0.4 is 9.30 Å². The molecular weight excluding hydrogens is 280 g/mol. The number of hydrogen-bond donors (Lipinski definition) is 0. The number of thiazole rings is 1. The van der Waals surface area contributed by atoms with Crippen molar-refractivity contribution in [3.05, 3.63) is 54.7 Å². The molecule has 4 heteroatoms. The second-order valence-electron chi connectivity index (χ2n) is 5.09. The molecule has 3 heterocycles. The van der Waals surface area contributed by atoms with Crippen molar-refractivity contribution < 1.29 is 9.30 Å². The number of hydrogen-bond acceptors (Lipinski definition) is 3. The van der Waals surface area contributed by atoms with Gasteiger partial charge in [-0.05, 0) is 30.3 Å². The third kappa shape index (κ3) is 1.48. The summed E-state index contributed by atoms with van der Waals surface area (Å²) in [6, 6.07) is 16.6. The van der Waals surface area contributed by atoms with Crippen LogP contribution in [0.5, 0.6) is 5.75 Å². The Kier molecular flexibility index (Phi) is 2.15. The number of benzene rings is 2. The fourth-order valence-electron chi connectivity index (χ4n) is 2.93. The number of ether oxygens (including phenoxy) is 1. The van der Waals surface area contributed by atoms with Crippen LogP contribution in [0.2, 0.25) is 0 Å². The molecule has 1 aliphatic rings. The Labute approximate surface area is 125 Å². The predicted molar refractivity (Wildman–Crippen MR) is 83.4 cm³/mol. The number of pyridine rings is 1. The minimum atomic E-state index is 0.568. The average molecular weight is 291 g/mol. The van der Waals surface area contributed by atoms with Gasteiger partial charge in [-0.3, -0.25) is 4.98 Å². The maximum Gasteiger partial charge on any atom is 0.293 e. The second kappa shape index (κ2) is 4.02. The summed E-state index contributed by atoms with van der Waals surface area (Å²) >= 11 is 1.81. The van der Waals surface area contributed by atoms with E-state index in [9.17, 15) is 0 Å². The predicted octanol–water partition coefficient (Wildman–Crippen LogP) is 3.75. The molecule has 4 aromatic rings. The van der Waals surface area contributed by atoms with Gasteiger partial charge in [0.05, 0.1) is 11.1 Å². The van der Waals surface area contributed by atoms with Gasteiger partial charge in [-0.2, -0.15) is 0 Å². The number of aromatic nitrogens is 2. The minimum absolute atomic E-state index is 0.568. The van der Waals surface area contributed by atoms with Gasteiger partial charge in [0.1, 0.15) is 10.4 Å². The van der Waals surface area contributed by atoms with Crippen LogP contribution in [0.25, 0.3) is 31.7 Å². The molecule has 2 aromatic heterocycles.